The van der Waals surface area contributed by atoms with Crippen LogP contribution in [0, 0.1) is 0 Å². The monoisotopic (exact) mass is 371 g/mol. The van der Waals surface area contributed by atoms with Crippen LogP contribution >= 0.6 is 11.3 Å². The Balaban J connectivity index is 1.50. The fraction of sp³-hybridized carbons (Fsp3) is 0.263. The summed E-state index contributed by atoms with van der Waals surface area (Å²) in [5.74, 6) is 1.16. The zero-order chi connectivity index (χ0) is 18.4. The van der Waals surface area contributed by atoms with Crippen molar-refractivity contribution in [2.45, 2.75) is 6.54 Å². The van der Waals surface area contributed by atoms with Gasteiger partial charge in [-0.15, -0.1) is 11.3 Å². The first kappa shape index (κ1) is 18.2. The van der Waals surface area contributed by atoms with E-state index >= 15 is 0 Å². The number of thiophene rings is 1. The summed E-state index contributed by atoms with van der Waals surface area (Å²) in [7, 11) is 4.01. The smallest absolute Gasteiger partial charge is 0.273 e. The number of nitrogens with zero attached hydrogens (tertiary/aromatic N) is 2. The quantitative estimate of drug-likeness (QED) is 0.658. The number of ether oxygens (including phenoxy) is 1. The Hall–Kier alpha value is -2.64. The van der Waals surface area contributed by atoms with Gasteiger partial charge in [-0.3, -0.25) is 4.79 Å². The molecule has 3 aromatic rings. The van der Waals surface area contributed by atoms with Gasteiger partial charge in [0.2, 0.25) is 0 Å². The minimum absolute atomic E-state index is 0.261. The van der Waals surface area contributed by atoms with Crippen LogP contribution in [0.15, 0.2) is 52.4 Å². The van der Waals surface area contributed by atoms with Crippen LogP contribution in [0.1, 0.15) is 16.1 Å². The highest BCUT2D eigenvalue weighted by molar-refractivity contribution is 7.13. The van der Waals surface area contributed by atoms with Crippen LogP contribution in [0.25, 0.3) is 10.6 Å². The number of hydrogen-bond acceptors (Lipinski definition) is 6. The number of aromatic nitrogens is 1. The largest absolute Gasteiger partial charge is 0.492 e. The molecule has 0 aliphatic rings. The molecule has 2 heterocycles. The summed E-state index contributed by atoms with van der Waals surface area (Å²) in [6.45, 7) is 1.92. The number of hydrogen-bond donors (Lipinski definition) is 1. The first-order chi connectivity index (χ1) is 12.6. The predicted molar refractivity (Wildman–Crippen MR) is 101 cm³/mol. The lowest BCUT2D eigenvalue weighted by molar-refractivity contribution is 0.0942. The lowest BCUT2D eigenvalue weighted by Gasteiger charge is -2.11. The van der Waals surface area contributed by atoms with E-state index in [0.717, 1.165) is 22.7 Å². The standard InChI is InChI=1S/C19H21N3O3S/c1-22(2)9-10-24-15-7-5-14(6-8-15)13-20-19(23)16-12-17(25-21-16)18-4-3-11-26-18/h3-8,11-12H,9-10,13H2,1-2H3,(H,20,23). The molecule has 0 atom stereocenters. The van der Waals surface area contributed by atoms with Crippen molar-refractivity contribution in [2.75, 3.05) is 27.2 Å². The first-order valence-corrected chi connectivity index (χ1v) is 9.15. The van der Waals surface area contributed by atoms with E-state index in [1.54, 1.807) is 6.07 Å². The van der Waals surface area contributed by atoms with Gasteiger partial charge in [0, 0.05) is 19.2 Å². The second-order valence-electron chi connectivity index (χ2n) is 6.03. The number of amides is 1. The highest BCUT2D eigenvalue weighted by Gasteiger charge is 2.14. The van der Waals surface area contributed by atoms with Gasteiger partial charge in [0.25, 0.3) is 5.91 Å². The maximum absolute atomic E-state index is 12.2. The summed E-state index contributed by atoms with van der Waals surface area (Å²) < 4.78 is 10.9. The van der Waals surface area contributed by atoms with Crippen LogP contribution in [-0.4, -0.2) is 43.2 Å². The maximum atomic E-state index is 12.2. The highest BCUT2D eigenvalue weighted by Crippen LogP contribution is 2.25. The normalized spacial score (nSPS) is 10.9. The zero-order valence-corrected chi connectivity index (χ0v) is 15.6. The summed E-state index contributed by atoms with van der Waals surface area (Å²) >= 11 is 1.54. The molecule has 0 spiro atoms. The maximum Gasteiger partial charge on any atom is 0.273 e. The second kappa shape index (κ2) is 8.64. The molecule has 0 fully saturated rings. The summed E-state index contributed by atoms with van der Waals surface area (Å²) in [6.07, 6.45) is 0. The Morgan fingerprint density at radius 1 is 1.27 bits per heavy atom. The van der Waals surface area contributed by atoms with Crippen molar-refractivity contribution in [1.82, 2.24) is 15.4 Å². The van der Waals surface area contributed by atoms with Gasteiger partial charge < -0.3 is 19.5 Å². The van der Waals surface area contributed by atoms with Crippen LogP contribution in [0.3, 0.4) is 0 Å². The van der Waals surface area contributed by atoms with Gasteiger partial charge in [0.1, 0.15) is 12.4 Å². The summed E-state index contributed by atoms with van der Waals surface area (Å²) in [4.78, 5) is 15.2. The van der Waals surface area contributed by atoms with Crippen molar-refractivity contribution in [2.24, 2.45) is 0 Å². The molecule has 0 saturated carbocycles. The highest BCUT2D eigenvalue weighted by atomic mass is 32.1. The number of benzene rings is 1. The van der Waals surface area contributed by atoms with Crippen molar-refractivity contribution in [1.29, 1.82) is 0 Å². The van der Waals surface area contributed by atoms with Gasteiger partial charge in [-0.25, -0.2) is 0 Å². The zero-order valence-electron chi connectivity index (χ0n) is 14.8. The molecular formula is C19H21N3O3S. The van der Waals surface area contributed by atoms with E-state index in [9.17, 15) is 4.79 Å². The Labute approximate surface area is 156 Å². The third-order valence-corrected chi connectivity index (χ3v) is 4.57. The molecule has 6 nitrogen and oxygen atoms in total. The summed E-state index contributed by atoms with van der Waals surface area (Å²) in [6, 6.07) is 13.2. The Kier molecular flexibility index (Phi) is 6.04. The SMILES string of the molecule is CN(C)CCOc1ccc(CNC(=O)c2cc(-c3cccs3)on2)cc1. The molecule has 0 aliphatic heterocycles. The van der Waals surface area contributed by atoms with Gasteiger partial charge >= 0.3 is 0 Å². The van der Waals surface area contributed by atoms with E-state index in [-0.39, 0.29) is 11.6 Å². The van der Waals surface area contributed by atoms with E-state index in [1.165, 1.54) is 11.3 Å². The lowest BCUT2D eigenvalue weighted by Crippen LogP contribution is -2.23. The molecule has 0 radical (unpaired) electrons. The molecule has 0 unspecified atom stereocenters. The second-order valence-corrected chi connectivity index (χ2v) is 6.98. The topological polar surface area (TPSA) is 67.6 Å². The number of carbonyl (C=O) groups is 1. The van der Waals surface area contributed by atoms with Gasteiger partial charge in [-0.2, -0.15) is 0 Å². The molecule has 1 amide bonds. The van der Waals surface area contributed by atoms with Crippen LogP contribution < -0.4 is 10.1 Å². The molecule has 0 aliphatic carbocycles. The third-order valence-electron chi connectivity index (χ3n) is 3.69. The Morgan fingerprint density at radius 2 is 2.08 bits per heavy atom. The first-order valence-electron chi connectivity index (χ1n) is 8.27. The molecule has 136 valence electrons. The van der Waals surface area contributed by atoms with Crippen molar-refractivity contribution in [3.63, 3.8) is 0 Å². The fourth-order valence-corrected chi connectivity index (χ4v) is 2.91. The van der Waals surface area contributed by atoms with E-state index in [4.69, 9.17) is 9.26 Å². The van der Waals surface area contributed by atoms with Crippen LogP contribution in [-0.2, 0) is 6.54 Å². The Morgan fingerprint density at radius 3 is 2.77 bits per heavy atom. The van der Waals surface area contributed by atoms with Crippen molar-refractivity contribution < 1.29 is 14.1 Å². The Bertz CT molecular complexity index is 826. The molecule has 0 bridgehead atoms. The van der Waals surface area contributed by atoms with E-state index in [2.05, 4.69) is 15.4 Å². The molecule has 3 rings (SSSR count). The molecule has 2 aromatic heterocycles. The average Bonchev–Trinajstić information content (AvgIpc) is 3.31. The van der Waals surface area contributed by atoms with Gasteiger partial charge in [-0.05, 0) is 43.2 Å². The van der Waals surface area contributed by atoms with Gasteiger partial charge in [0.15, 0.2) is 11.5 Å². The number of likely N-dealkylation sites (N-methyl/N-ethyl adjacent to an activating group) is 1. The minimum Gasteiger partial charge on any atom is -0.492 e. The van der Waals surface area contributed by atoms with Gasteiger partial charge in [0.05, 0.1) is 4.88 Å². The molecule has 26 heavy (non-hydrogen) atoms. The van der Waals surface area contributed by atoms with Gasteiger partial charge in [-0.1, -0.05) is 23.4 Å². The summed E-state index contributed by atoms with van der Waals surface area (Å²) in [5.41, 5.74) is 1.26. The third kappa shape index (κ3) is 4.93. The van der Waals surface area contributed by atoms with Crippen molar-refractivity contribution >= 4 is 17.2 Å². The summed E-state index contributed by atoms with van der Waals surface area (Å²) in [5, 5.41) is 8.64. The number of rotatable bonds is 8. The number of nitrogens with one attached hydrogen (secondary N) is 1. The minimum atomic E-state index is -0.261. The van der Waals surface area contributed by atoms with Crippen LogP contribution in [0.2, 0.25) is 0 Å². The molecule has 0 saturated heterocycles. The van der Waals surface area contributed by atoms with E-state index in [0.29, 0.717) is 18.9 Å². The number of carbonyl (C=O) groups excluding carboxylic acids is 1. The molecule has 7 heteroatoms. The van der Waals surface area contributed by atoms with E-state index in [1.807, 2.05) is 55.9 Å². The lowest BCUT2D eigenvalue weighted by atomic mass is 10.2. The van der Waals surface area contributed by atoms with Crippen LogP contribution in [0.4, 0.5) is 0 Å². The van der Waals surface area contributed by atoms with Crippen molar-refractivity contribution in [3.8, 4) is 16.4 Å². The molecular weight excluding hydrogens is 350 g/mol. The van der Waals surface area contributed by atoms with Crippen LogP contribution in [0.5, 0.6) is 5.75 Å². The molecule has 1 N–H and O–H groups in total. The van der Waals surface area contributed by atoms with E-state index < -0.39 is 0 Å². The molecule has 1 aromatic carbocycles. The predicted octanol–water partition coefficient (Wildman–Crippen LogP) is 3.27. The average molecular weight is 371 g/mol. The van der Waals surface area contributed by atoms with Crippen molar-refractivity contribution in [3.05, 3.63) is 59.1 Å². The fourth-order valence-electron chi connectivity index (χ4n) is 2.24.